The number of aromatic hydroxyl groups is 1. The monoisotopic (exact) mass is 504 g/mol. The average molecular weight is 505 g/mol. The Labute approximate surface area is 207 Å². The number of rotatable bonds is 12. The van der Waals surface area contributed by atoms with E-state index >= 15 is 0 Å². The number of phenolic OH excluding ortho intramolecular Hbond substituents is 1. The fourth-order valence-corrected chi connectivity index (χ4v) is 3.54. The number of carbonyl (C=O) groups excluding carboxylic acids is 3. The number of ether oxygens (including phenoxy) is 2. The normalized spacial score (nSPS) is 12.4. The van der Waals surface area contributed by atoms with Crippen molar-refractivity contribution in [2.75, 3.05) is 6.61 Å². The molecule has 0 spiro atoms. The number of hydrogen-bond acceptors (Lipinski definition) is 7. The van der Waals surface area contributed by atoms with Crippen molar-refractivity contribution < 1.29 is 33.5 Å². The molecular formula is C25H33N2O7P. The lowest BCUT2D eigenvalue weighted by atomic mass is 10.0. The van der Waals surface area contributed by atoms with Gasteiger partial charge in [-0.2, -0.15) is 0 Å². The molecule has 35 heavy (non-hydrogen) atoms. The van der Waals surface area contributed by atoms with E-state index < -0.39 is 30.1 Å². The molecule has 1 unspecified atom stereocenters. The first-order valence-electron chi connectivity index (χ1n) is 11.4. The summed E-state index contributed by atoms with van der Waals surface area (Å²) in [4.78, 5) is 38.1. The molecule has 0 fully saturated rings. The minimum absolute atomic E-state index is 0.0631. The van der Waals surface area contributed by atoms with E-state index in [-0.39, 0.29) is 37.1 Å². The standard InChI is InChI=1S/C25H33N2O7P/c1-4-32-24(30)20(13-18-10-11-22(34-35)21(28)14-18)26-23(29)19(12-16(2)3)27-25(31)33-15-17-8-6-5-7-9-17/h5-11,14,16,19-20,28H,4,12-13,15,35H2,1-3H3,(H,26,29)(H,27,31)/t19-,20-/m0/s1. The summed E-state index contributed by atoms with van der Waals surface area (Å²) in [6.45, 7) is 5.69. The molecule has 9 nitrogen and oxygen atoms in total. The van der Waals surface area contributed by atoms with E-state index in [2.05, 4.69) is 10.6 Å². The zero-order valence-electron chi connectivity index (χ0n) is 20.2. The van der Waals surface area contributed by atoms with E-state index in [1.807, 2.05) is 53.6 Å². The van der Waals surface area contributed by atoms with Gasteiger partial charge in [-0.1, -0.05) is 50.2 Å². The van der Waals surface area contributed by atoms with Crippen LogP contribution < -0.4 is 15.2 Å². The quantitative estimate of drug-likeness (QED) is 0.299. The van der Waals surface area contributed by atoms with Gasteiger partial charge in [0.1, 0.15) is 18.7 Å². The van der Waals surface area contributed by atoms with Gasteiger partial charge in [-0.3, -0.25) is 4.79 Å². The Balaban J connectivity index is 2.10. The average Bonchev–Trinajstić information content (AvgIpc) is 2.82. The van der Waals surface area contributed by atoms with Crippen LogP contribution in [0.3, 0.4) is 0 Å². The van der Waals surface area contributed by atoms with Crippen molar-refractivity contribution in [3.8, 4) is 11.5 Å². The van der Waals surface area contributed by atoms with Crippen LogP contribution >= 0.6 is 9.47 Å². The molecule has 0 aliphatic carbocycles. The van der Waals surface area contributed by atoms with Gasteiger partial charge in [0.05, 0.1) is 16.1 Å². The van der Waals surface area contributed by atoms with Crippen LogP contribution in [0.25, 0.3) is 0 Å². The molecule has 2 aromatic rings. The zero-order valence-corrected chi connectivity index (χ0v) is 21.3. The number of phenols is 1. The summed E-state index contributed by atoms with van der Waals surface area (Å²) >= 11 is 0. The predicted octanol–water partition coefficient (Wildman–Crippen LogP) is 3.49. The van der Waals surface area contributed by atoms with Crippen molar-refractivity contribution in [1.82, 2.24) is 10.6 Å². The van der Waals surface area contributed by atoms with Crippen LogP contribution in [-0.4, -0.2) is 41.8 Å². The van der Waals surface area contributed by atoms with Crippen molar-refractivity contribution in [1.29, 1.82) is 0 Å². The molecule has 190 valence electrons. The molecular weight excluding hydrogens is 471 g/mol. The summed E-state index contributed by atoms with van der Waals surface area (Å²) in [6.07, 6.45) is -0.328. The Morgan fingerprint density at radius 1 is 0.971 bits per heavy atom. The second kappa shape index (κ2) is 14.2. The Morgan fingerprint density at radius 2 is 1.69 bits per heavy atom. The molecule has 2 aromatic carbocycles. The SMILES string of the molecule is CCOC(=O)[C@H](Cc1ccc(OP)c(O)c1)NC(=O)[C@H](CC(C)C)NC(=O)OCc1ccccc1. The molecule has 2 amide bonds. The number of amides is 2. The molecule has 0 radical (unpaired) electrons. The van der Waals surface area contributed by atoms with Gasteiger partial charge in [0.25, 0.3) is 0 Å². The topological polar surface area (TPSA) is 123 Å². The fraction of sp³-hybridized carbons (Fsp3) is 0.400. The molecule has 0 aliphatic rings. The molecule has 3 atom stereocenters. The lowest BCUT2D eigenvalue weighted by Gasteiger charge is -2.23. The van der Waals surface area contributed by atoms with Gasteiger partial charge in [0.2, 0.25) is 5.91 Å². The summed E-state index contributed by atoms with van der Waals surface area (Å²) in [6, 6.07) is 11.9. The highest BCUT2D eigenvalue weighted by atomic mass is 31.0. The Hall–Kier alpha value is -3.32. The third-order valence-electron chi connectivity index (χ3n) is 5.01. The first-order valence-corrected chi connectivity index (χ1v) is 11.8. The Kier molecular flexibility index (Phi) is 11.3. The molecule has 2 rings (SSSR count). The number of nitrogens with one attached hydrogen (secondary N) is 2. The number of esters is 1. The van der Waals surface area contributed by atoms with Crippen LogP contribution in [0.2, 0.25) is 0 Å². The maximum atomic E-state index is 13.1. The van der Waals surface area contributed by atoms with E-state index in [1.165, 1.54) is 6.07 Å². The van der Waals surface area contributed by atoms with Crippen molar-refractivity contribution in [3.05, 3.63) is 59.7 Å². The van der Waals surface area contributed by atoms with E-state index in [0.29, 0.717) is 12.0 Å². The second-order valence-electron chi connectivity index (χ2n) is 8.33. The van der Waals surface area contributed by atoms with E-state index in [1.54, 1.807) is 19.1 Å². The predicted molar refractivity (Wildman–Crippen MR) is 134 cm³/mol. The number of hydrogen-bond donors (Lipinski definition) is 3. The lowest BCUT2D eigenvalue weighted by molar-refractivity contribution is -0.147. The maximum Gasteiger partial charge on any atom is 0.408 e. The molecule has 0 saturated carbocycles. The Bertz CT molecular complexity index is 985. The highest BCUT2D eigenvalue weighted by Gasteiger charge is 2.29. The molecule has 0 aliphatic heterocycles. The minimum atomic E-state index is -1.03. The van der Waals surface area contributed by atoms with E-state index in [9.17, 15) is 19.5 Å². The number of alkyl carbamates (subject to hydrolysis) is 1. The first kappa shape index (κ1) is 27.9. The number of carbonyl (C=O) groups is 3. The molecule has 0 aromatic heterocycles. The zero-order chi connectivity index (χ0) is 25.8. The van der Waals surface area contributed by atoms with Crippen LogP contribution in [0.4, 0.5) is 4.79 Å². The van der Waals surface area contributed by atoms with Crippen molar-refractivity contribution in [2.45, 2.75) is 52.3 Å². The fourth-order valence-electron chi connectivity index (χ4n) is 3.34. The van der Waals surface area contributed by atoms with Crippen LogP contribution in [0.1, 0.15) is 38.3 Å². The molecule has 3 N–H and O–H groups in total. The van der Waals surface area contributed by atoms with Crippen LogP contribution in [0, 0.1) is 5.92 Å². The van der Waals surface area contributed by atoms with Gasteiger partial charge in [-0.05, 0) is 42.5 Å². The third kappa shape index (κ3) is 9.45. The summed E-state index contributed by atoms with van der Waals surface area (Å²) in [5.41, 5.74) is 1.40. The minimum Gasteiger partial charge on any atom is -0.504 e. The smallest absolute Gasteiger partial charge is 0.408 e. The maximum absolute atomic E-state index is 13.1. The largest absolute Gasteiger partial charge is 0.504 e. The van der Waals surface area contributed by atoms with Gasteiger partial charge in [0, 0.05) is 6.42 Å². The molecule has 0 saturated heterocycles. The van der Waals surface area contributed by atoms with Crippen molar-refractivity contribution in [3.63, 3.8) is 0 Å². The van der Waals surface area contributed by atoms with Crippen molar-refractivity contribution in [2.24, 2.45) is 5.92 Å². The summed E-state index contributed by atoms with van der Waals surface area (Å²) < 4.78 is 15.3. The molecule has 10 heteroatoms. The van der Waals surface area contributed by atoms with E-state index in [0.717, 1.165) is 5.56 Å². The molecule has 0 bridgehead atoms. The molecule has 0 heterocycles. The third-order valence-corrected chi connectivity index (χ3v) is 5.26. The van der Waals surface area contributed by atoms with Crippen LogP contribution in [0.5, 0.6) is 11.5 Å². The Morgan fingerprint density at radius 3 is 2.29 bits per heavy atom. The highest BCUT2D eigenvalue weighted by molar-refractivity contribution is 7.10. The summed E-state index contributed by atoms with van der Waals surface area (Å²) in [7, 11) is 2.04. The van der Waals surface area contributed by atoms with Gasteiger partial charge in [-0.25, -0.2) is 9.59 Å². The number of benzene rings is 2. The van der Waals surface area contributed by atoms with Gasteiger partial charge in [0.15, 0.2) is 11.5 Å². The summed E-state index contributed by atoms with van der Waals surface area (Å²) in [5.74, 6) is -0.931. The van der Waals surface area contributed by atoms with Gasteiger partial charge in [-0.15, -0.1) is 0 Å². The van der Waals surface area contributed by atoms with Crippen LogP contribution in [-0.2, 0) is 32.1 Å². The van der Waals surface area contributed by atoms with Gasteiger partial charge < -0.3 is 29.7 Å². The van der Waals surface area contributed by atoms with Gasteiger partial charge >= 0.3 is 12.1 Å². The second-order valence-corrected chi connectivity index (χ2v) is 8.56. The first-order chi connectivity index (χ1) is 16.7. The van der Waals surface area contributed by atoms with Crippen molar-refractivity contribution >= 4 is 27.4 Å². The lowest BCUT2D eigenvalue weighted by Crippen LogP contribution is -2.53. The van der Waals surface area contributed by atoms with Crippen LogP contribution in [0.15, 0.2) is 48.5 Å². The van der Waals surface area contributed by atoms with E-state index in [4.69, 9.17) is 14.0 Å². The summed E-state index contributed by atoms with van der Waals surface area (Å²) in [5, 5.41) is 15.3. The highest BCUT2D eigenvalue weighted by Crippen LogP contribution is 2.28.